The number of halogens is 2. The minimum absolute atomic E-state index is 0.0316. The molecular formula is C46H56Cl2N6O7. The number of hydrogen-bond donors (Lipinski definition) is 2. The van der Waals surface area contributed by atoms with Crippen molar-refractivity contribution >= 4 is 46.9 Å². The number of carbonyl (C=O) groups excluding carboxylic acids is 2. The Labute approximate surface area is 367 Å². The van der Waals surface area contributed by atoms with E-state index in [-0.39, 0.29) is 17.7 Å². The quantitative estimate of drug-likeness (QED) is 0.118. The highest BCUT2D eigenvalue weighted by atomic mass is 35.5. The summed E-state index contributed by atoms with van der Waals surface area (Å²) in [4.78, 5) is 38.2. The van der Waals surface area contributed by atoms with Gasteiger partial charge in [-0.3, -0.25) is 14.2 Å². The van der Waals surface area contributed by atoms with Crippen molar-refractivity contribution in [3.05, 3.63) is 122 Å². The lowest BCUT2D eigenvalue weighted by molar-refractivity contribution is 0.0223. The van der Waals surface area contributed by atoms with E-state index in [2.05, 4.69) is 43.2 Å². The van der Waals surface area contributed by atoms with Crippen molar-refractivity contribution in [1.82, 2.24) is 24.5 Å². The van der Waals surface area contributed by atoms with Gasteiger partial charge in [-0.05, 0) is 125 Å². The van der Waals surface area contributed by atoms with E-state index in [1.54, 1.807) is 32.5 Å². The molecule has 0 saturated carbocycles. The molecule has 0 atom stereocenters. The number of aromatic carboxylic acids is 1. The molecule has 3 aromatic carbocycles. The topological polar surface area (TPSA) is 150 Å². The number of nitrogens with one attached hydrogen (secondary N) is 1. The first-order valence-electron chi connectivity index (χ1n) is 20.3. The molecule has 1 aliphatic heterocycles. The molecule has 3 heterocycles. The summed E-state index contributed by atoms with van der Waals surface area (Å²) in [6.07, 6.45) is 0.375. The smallest absolute Gasteiger partial charge is 0.410 e. The molecule has 0 spiro atoms. The Bertz CT molecular complexity index is 2350. The standard InChI is InChI=1S/C30H37ClN4O4.C16H19ClN2O3/c1-19(2)18-38-27-10-8-24(31)14-23(27)17-35-20(3)13-26(33-35)28(36)32-25-9-7-22-16-34(12-11-21(22)15-25)29(37)39-30(4,5)6;1-10(2)9-22-15-5-4-13(17)7-12(15)8-19-11(3)6-14(18-19)16(20)21/h7-10,13-15,19H,11-12,16-18H2,1-6H3,(H,32,36);4-7,10H,8-9H2,1-3H3,(H,20,21). The lowest BCUT2D eigenvalue weighted by Crippen LogP contribution is -2.39. The number of ether oxygens (including phenoxy) is 3. The molecule has 0 saturated heterocycles. The predicted octanol–water partition coefficient (Wildman–Crippen LogP) is 10.1. The molecule has 326 valence electrons. The molecule has 0 radical (unpaired) electrons. The first-order valence-corrected chi connectivity index (χ1v) is 21.1. The number of nitrogens with zero attached hydrogens (tertiary/aromatic N) is 5. The zero-order chi connectivity index (χ0) is 44.6. The Morgan fingerprint density at radius 1 is 0.754 bits per heavy atom. The van der Waals surface area contributed by atoms with Crippen molar-refractivity contribution in [3.63, 3.8) is 0 Å². The monoisotopic (exact) mass is 874 g/mol. The van der Waals surface area contributed by atoms with Crippen molar-refractivity contribution in [3.8, 4) is 11.5 Å². The molecule has 0 fully saturated rings. The first-order chi connectivity index (χ1) is 28.7. The second-order valence-electron chi connectivity index (χ2n) is 17.0. The van der Waals surface area contributed by atoms with Crippen LogP contribution in [0.3, 0.4) is 0 Å². The van der Waals surface area contributed by atoms with E-state index in [4.69, 9.17) is 42.5 Å². The minimum atomic E-state index is -1.04. The maximum absolute atomic E-state index is 13.1. The largest absolute Gasteiger partial charge is 0.493 e. The Balaban J connectivity index is 0.000000271. The maximum Gasteiger partial charge on any atom is 0.410 e. The van der Waals surface area contributed by atoms with Gasteiger partial charge in [0.15, 0.2) is 11.4 Å². The van der Waals surface area contributed by atoms with Crippen LogP contribution in [0.1, 0.15) is 103 Å². The van der Waals surface area contributed by atoms with Gasteiger partial charge in [0.05, 0.1) is 26.3 Å². The minimum Gasteiger partial charge on any atom is -0.493 e. The number of aryl methyl sites for hydroxylation is 2. The average molecular weight is 876 g/mol. The second kappa shape index (κ2) is 20.4. The first kappa shape index (κ1) is 46.5. The number of carboxylic acids is 1. The van der Waals surface area contributed by atoms with E-state index in [0.717, 1.165) is 45.1 Å². The predicted molar refractivity (Wildman–Crippen MR) is 237 cm³/mol. The van der Waals surface area contributed by atoms with Crippen molar-refractivity contribution in [1.29, 1.82) is 0 Å². The fourth-order valence-electron chi connectivity index (χ4n) is 6.32. The van der Waals surface area contributed by atoms with Gasteiger partial charge < -0.3 is 29.5 Å². The van der Waals surface area contributed by atoms with Crippen molar-refractivity contribution in [2.75, 3.05) is 25.1 Å². The van der Waals surface area contributed by atoms with Gasteiger partial charge >= 0.3 is 12.1 Å². The summed E-state index contributed by atoms with van der Waals surface area (Å²) in [7, 11) is 0. The van der Waals surface area contributed by atoms with Crippen LogP contribution in [0.25, 0.3) is 0 Å². The second-order valence-corrected chi connectivity index (χ2v) is 17.8. The maximum atomic E-state index is 13.1. The number of carbonyl (C=O) groups is 3. The number of benzene rings is 3. The van der Waals surface area contributed by atoms with Crippen molar-refractivity contribution < 1.29 is 33.7 Å². The van der Waals surface area contributed by atoms with Gasteiger partial charge in [0, 0.05) is 51.3 Å². The summed E-state index contributed by atoms with van der Waals surface area (Å²) < 4.78 is 20.7. The van der Waals surface area contributed by atoms with Gasteiger partial charge in [-0.15, -0.1) is 0 Å². The summed E-state index contributed by atoms with van der Waals surface area (Å²) in [6, 6.07) is 20.1. The van der Waals surface area contributed by atoms with Gasteiger partial charge in [0.1, 0.15) is 17.1 Å². The normalized spacial score (nSPS) is 12.4. The molecular weight excluding hydrogens is 819 g/mol. The lowest BCUT2D eigenvalue weighted by Gasteiger charge is -2.31. The number of carboxylic acid groups (broad SMARTS) is 1. The van der Waals surface area contributed by atoms with Crippen LogP contribution in [0, 0.1) is 25.7 Å². The van der Waals surface area contributed by atoms with Gasteiger partial charge in [0.25, 0.3) is 5.91 Å². The third-order valence-corrected chi connectivity index (χ3v) is 9.84. The van der Waals surface area contributed by atoms with Crippen LogP contribution >= 0.6 is 23.2 Å². The van der Waals surface area contributed by atoms with Gasteiger partial charge in [0.2, 0.25) is 0 Å². The molecule has 0 bridgehead atoms. The summed E-state index contributed by atoms with van der Waals surface area (Å²) >= 11 is 12.3. The zero-order valence-corrected chi connectivity index (χ0v) is 37.9. The van der Waals surface area contributed by atoms with E-state index in [1.165, 1.54) is 0 Å². The molecule has 2 amide bonds. The molecule has 13 nitrogen and oxygen atoms in total. The van der Waals surface area contributed by atoms with E-state index >= 15 is 0 Å². The Morgan fingerprint density at radius 2 is 1.28 bits per heavy atom. The highest BCUT2D eigenvalue weighted by Crippen LogP contribution is 2.28. The highest BCUT2D eigenvalue weighted by Gasteiger charge is 2.26. The van der Waals surface area contributed by atoms with Crippen LogP contribution in [-0.2, 0) is 30.8 Å². The zero-order valence-electron chi connectivity index (χ0n) is 36.3. The van der Waals surface area contributed by atoms with E-state index in [0.29, 0.717) is 79.1 Å². The molecule has 1 aliphatic rings. The van der Waals surface area contributed by atoms with E-state index in [1.807, 2.05) is 83.1 Å². The number of rotatable bonds is 13. The van der Waals surface area contributed by atoms with Crippen LogP contribution in [0.15, 0.2) is 66.7 Å². The molecule has 5 aromatic rings. The molecule has 2 N–H and O–H groups in total. The third-order valence-electron chi connectivity index (χ3n) is 9.37. The fraction of sp³-hybridized carbons (Fsp3) is 0.413. The van der Waals surface area contributed by atoms with Crippen LogP contribution < -0.4 is 14.8 Å². The third kappa shape index (κ3) is 13.5. The Hall–Kier alpha value is -5.53. The summed E-state index contributed by atoms with van der Waals surface area (Å²) in [5.74, 6) is 0.976. The lowest BCUT2D eigenvalue weighted by atomic mass is 9.99. The molecule has 6 rings (SSSR count). The van der Waals surface area contributed by atoms with Crippen LogP contribution in [0.4, 0.5) is 10.5 Å². The van der Waals surface area contributed by atoms with E-state index in [9.17, 15) is 14.4 Å². The van der Waals surface area contributed by atoms with E-state index < -0.39 is 11.6 Å². The SMILES string of the molecule is Cc1cc(C(=O)Nc2ccc3c(c2)CCN(C(=O)OC(C)(C)C)C3)nn1Cc1cc(Cl)ccc1OCC(C)C.Cc1cc(C(=O)O)nn1Cc1cc(Cl)ccc1OCC(C)C. The van der Waals surface area contributed by atoms with Gasteiger partial charge in [-0.1, -0.05) is 57.0 Å². The van der Waals surface area contributed by atoms with Crippen molar-refractivity contribution in [2.24, 2.45) is 11.8 Å². The Kier molecular flexibility index (Phi) is 15.5. The van der Waals surface area contributed by atoms with Crippen LogP contribution in [0.5, 0.6) is 11.5 Å². The molecule has 15 heteroatoms. The van der Waals surface area contributed by atoms with Crippen LogP contribution in [-0.4, -0.2) is 72.9 Å². The Morgan fingerprint density at radius 3 is 1.77 bits per heavy atom. The number of fused-ring (bicyclic) bond motifs is 1. The van der Waals surface area contributed by atoms with Gasteiger partial charge in [-0.25, -0.2) is 9.59 Å². The number of anilines is 1. The highest BCUT2D eigenvalue weighted by molar-refractivity contribution is 6.31. The molecule has 0 aliphatic carbocycles. The summed E-state index contributed by atoms with van der Waals surface area (Å²) in [6.45, 7) is 20.7. The number of aromatic nitrogens is 4. The van der Waals surface area contributed by atoms with Crippen LogP contribution in [0.2, 0.25) is 10.0 Å². The molecule has 2 aromatic heterocycles. The summed E-state index contributed by atoms with van der Waals surface area (Å²) in [5, 5.41) is 21.9. The number of hydrogen-bond acceptors (Lipinski definition) is 8. The van der Waals surface area contributed by atoms with Crippen molar-refractivity contribution in [2.45, 2.75) is 94.0 Å². The average Bonchev–Trinajstić information content (AvgIpc) is 3.74. The number of amides is 2. The molecule has 0 unspecified atom stereocenters. The fourth-order valence-corrected chi connectivity index (χ4v) is 6.71. The van der Waals surface area contributed by atoms with Gasteiger partial charge in [-0.2, -0.15) is 10.2 Å². The summed E-state index contributed by atoms with van der Waals surface area (Å²) in [5.41, 5.74) is 6.05. The molecule has 61 heavy (non-hydrogen) atoms.